The zero-order chi connectivity index (χ0) is 15.2. The van der Waals surface area contributed by atoms with Crippen LogP contribution in [0.2, 0.25) is 0 Å². The van der Waals surface area contributed by atoms with Crippen LogP contribution in [0.3, 0.4) is 0 Å². The Hall–Kier alpha value is -1.92. The smallest absolute Gasteiger partial charge is 0.235 e. The van der Waals surface area contributed by atoms with Gasteiger partial charge in [0.2, 0.25) is 5.91 Å². The first-order chi connectivity index (χ1) is 10.7. The van der Waals surface area contributed by atoms with Crippen LogP contribution in [0.25, 0.3) is 11.0 Å². The largest absolute Gasteiger partial charge is 0.397 e. The van der Waals surface area contributed by atoms with Crippen LogP contribution >= 0.6 is 0 Å². The molecule has 116 valence electrons. The summed E-state index contributed by atoms with van der Waals surface area (Å²) >= 11 is 0. The second kappa shape index (κ2) is 5.07. The van der Waals surface area contributed by atoms with Crippen LogP contribution in [0.15, 0.2) is 24.5 Å². The minimum atomic E-state index is -0.432. The number of nitrogens with zero attached hydrogens (tertiary/aromatic N) is 2. The third kappa shape index (κ3) is 2.10. The van der Waals surface area contributed by atoms with Crippen molar-refractivity contribution in [3.8, 4) is 0 Å². The monoisotopic (exact) mass is 301 g/mol. The lowest BCUT2D eigenvalue weighted by Crippen LogP contribution is -2.38. The van der Waals surface area contributed by atoms with Crippen molar-refractivity contribution in [2.45, 2.75) is 31.5 Å². The van der Waals surface area contributed by atoms with Gasteiger partial charge in [-0.2, -0.15) is 0 Å². The number of anilines is 1. The van der Waals surface area contributed by atoms with E-state index in [0.717, 1.165) is 31.2 Å². The zero-order valence-electron chi connectivity index (χ0n) is 12.3. The number of hydrogen-bond acceptors (Lipinski definition) is 5. The highest BCUT2D eigenvalue weighted by Gasteiger charge is 2.42. The number of hydrogen-bond donors (Lipinski definition) is 1. The molecule has 1 aliphatic heterocycles. The van der Waals surface area contributed by atoms with Gasteiger partial charge in [0, 0.05) is 18.8 Å². The van der Waals surface area contributed by atoms with Crippen LogP contribution in [0.4, 0.5) is 5.69 Å². The van der Waals surface area contributed by atoms with E-state index in [1.165, 1.54) is 0 Å². The zero-order valence-corrected chi connectivity index (χ0v) is 12.3. The fourth-order valence-electron chi connectivity index (χ4n) is 3.52. The number of benzene rings is 1. The second-order valence-electron chi connectivity index (χ2n) is 6.05. The van der Waals surface area contributed by atoms with Crippen LogP contribution in [0, 0.1) is 5.92 Å². The molecule has 6 nitrogen and oxygen atoms in total. The molecule has 1 spiro atoms. The average molecular weight is 301 g/mol. The highest BCUT2D eigenvalue weighted by Crippen LogP contribution is 2.39. The maximum absolute atomic E-state index is 12.8. The van der Waals surface area contributed by atoms with Gasteiger partial charge in [0.05, 0.1) is 24.4 Å². The first-order valence-electron chi connectivity index (χ1n) is 7.72. The molecule has 4 rings (SSSR count). The van der Waals surface area contributed by atoms with Crippen molar-refractivity contribution < 1.29 is 14.3 Å². The molecule has 2 N–H and O–H groups in total. The number of para-hydroxylation sites is 1. The van der Waals surface area contributed by atoms with Crippen molar-refractivity contribution in [1.29, 1.82) is 0 Å². The molecule has 2 aliphatic rings. The fraction of sp³-hybridized carbons (Fsp3) is 0.500. The predicted molar refractivity (Wildman–Crippen MR) is 81.4 cm³/mol. The number of imidazole rings is 1. The van der Waals surface area contributed by atoms with Gasteiger partial charge in [-0.15, -0.1) is 0 Å². The summed E-state index contributed by atoms with van der Waals surface area (Å²) in [6.07, 6.45) is 4.69. The SMILES string of the molecule is Nc1cccc2c1ncn2C(=O)C1CCC2(CC1)OCCO2. The van der Waals surface area contributed by atoms with Crippen molar-refractivity contribution >= 4 is 22.6 Å². The molecule has 0 radical (unpaired) electrons. The molecular weight excluding hydrogens is 282 g/mol. The molecule has 1 aliphatic carbocycles. The van der Waals surface area contributed by atoms with E-state index in [2.05, 4.69) is 4.98 Å². The van der Waals surface area contributed by atoms with Crippen molar-refractivity contribution in [1.82, 2.24) is 9.55 Å². The molecule has 0 amide bonds. The van der Waals surface area contributed by atoms with Gasteiger partial charge in [-0.05, 0) is 25.0 Å². The molecule has 0 unspecified atom stereocenters. The highest BCUT2D eigenvalue weighted by atomic mass is 16.7. The highest BCUT2D eigenvalue weighted by molar-refractivity contribution is 5.95. The fourth-order valence-corrected chi connectivity index (χ4v) is 3.52. The quantitative estimate of drug-likeness (QED) is 0.817. The molecule has 2 heterocycles. The molecule has 0 atom stereocenters. The van der Waals surface area contributed by atoms with E-state index in [9.17, 15) is 4.79 Å². The number of nitrogen functional groups attached to an aromatic ring is 1. The molecule has 2 fully saturated rings. The van der Waals surface area contributed by atoms with E-state index in [4.69, 9.17) is 15.2 Å². The van der Waals surface area contributed by atoms with Crippen molar-refractivity contribution in [2.24, 2.45) is 5.92 Å². The van der Waals surface area contributed by atoms with Crippen LogP contribution in [-0.4, -0.2) is 34.5 Å². The molecule has 0 bridgehead atoms. The third-order valence-corrected chi connectivity index (χ3v) is 4.76. The second-order valence-corrected chi connectivity index (χ2v) is 6.05. The maximum Gasteiger partial charge on any atom is 0.235 e. The Morgan fingerprint density at radius 3 is 2.73 bits per heavy atom. The summed E-state index contributed by atoms with van der Waals surface area (Å²) in [4.78, 5) is 17.1. The summed E-state index contributed by atoms with van der Waals surface area (Å²) in [5, 5.41) is 0. The standard InChI is InChI=1S/C16H19N3O3/c17-12-2-1-3-13-14(12)18-10-19(13)15(20)11-4-6-16(7-5-11)21-8-9-22-16/h1-3,10-11H,4-9,17H2. The van der Waals surface area contributed by atoms with Crippen LogP contribution in [0.5, 0.6) is 0 Å². The van der Waals surface area contributed by atoms with Gasteiger partial charge >= 0.3 is 0 Å². The number of fused-ring (bicyclic) bond motifs is 1. The van der Waals surface area contributed by atoms with Crippen LogP contribution in [0.1, 0.15) is 30.5 Å². The lowest BCUT2D eigenvalue weighted by atomic mass is 9.84. The molecule has 2 aromatic rings. The van der Waals surface area contributed by atoms with E-state index in [-0.39, 0.29) is 11.8 Å². The molecule has 6 heteroatoms. The Kier molecular flexibility index (Phi) is 3.16. The van der Waals surface area contributed by atoms with Gasteiger partial charge in [0.25, 0.3) is 0 Å². The summed E-state index contributed by atoms with van der Waals surface area (Å²) in [6, 6.07) is 5.52. The van der Waals surface area contributed by atoms with Crippen molar-refractivity contribution in [3.63, 3.8) is 0 Å². The average Bonchev–Trinajstić information content (AvgIpc) is 3.16. The van der Waals surface area contributed by atoms with Gasteiger partial charge in [0.1, 0.15) is 11.8 Å². The Morgan fingerprint density at radius 2 is 2.00 bits per heavy atom. The maximum atomic E-state index is 12.8. The number of rotatable bonds is 1. The Morgan fingerprint density at radius 1 is 1.27 bits per heavy atom. The van der Waals surface area contributed by atoms with Gasteiger partial charge in [0.15, 0.2) is 5.79 Å². The van der Waals surface area contributed by atoms with Crippen LogP contribution < -0.4 is 5.73 Å². The summed E-state index contributed by atoms with van der Waals surface area (Å²) in [7, 11) is 0. The summed E-state index contributed by atoms with van der Waals surface area (Å²) in [5.74, 6) is -0.365. The van der Waals surface area contributed by atoms with Gasteiger partial charge in [-0.3, -0.25) is 9.36 Å². The molecule has 1 saturated carbocycles. The molecule has 1 saturated heterocycles. The summed E-state index contributed by atoms with van der Waals surface area (Å²) in [6.45, 7) is 1.31. The number of carbonyl (C=O) groups excluding carboxylic acids is 1. The Bertz CT molecular complexity index is 708. The minimum absolute atomic E-state index is 0.0164. The number of aromatic nitrogens is 2. The van der Waals surface area contributed by atoms with Gasteiger partial charge in [-0.25, -0.2) is 4.98 Å². The van der Waals surface area contributed by atoms with E-state index in [1.807, 2.05) is 12.1 Å². The third-order valence-electron chi connectivity index (χ3n) is 4.76. The van der Waals surface area contributed by atoms with E-state index in [0.29, 0.717) is 24.4 Å². The predicted octanol–water partition coefficient (Wildman–Crippen LogP) is 2.19. The topological polar surface area (TPSA) is 79.4 Å². The molecule has 22 heavy (non-hydrogen) atoms. The first-order valence-corrected chi connectivity index (χ1v) is 7.72. The number of ether oxygens (including phenoxy) is 2. The minimum Gasteiger partial charge on any atom is -0.397 e. The molecular formula is C16H19N3O3. The van der Waals surface area contributed by atoms with E-state index < -0.39 is 5.79 Å². The van der Waals surface area contributed by atoms with Gasteiger partial charge < -0.3 is 15.2 Å². The van der Waals surface area contributed by atoms with Gasteiger partial charge in [-0.1, -0.05) is 6.07 Å². The Balaban J connectivity index is 1.55. The molecule has 1 aromatic heterocycles. The summed E-state index contributed by atoms with van der Waals surface area (Å²) < 4.78 is 13.1. The summed E-state index contributed by atoms with van der Waals surface area (Å²) in [5.41, 5.74) is 7.97. The van der Waals surface area contributed by atoms with Crippen molar-refractivity contribution in [3.05, 3.63) is 24.5 Å². The van der Waals surface area contributed by atoms with E-state index >= 15 is 0 Å². The lowest BCUT2D eigenvalue weighted by molar-refractivity contribution is -0.180. The molecule has 1 aromatic carbocycles. The normalized spacial score (nSPS) is 21.6. The first kappa shape index (κ1) is 13.7. The number of carbonyl (C=O) groups is 1. The van der Waals surface area contributed by atoms with Crippen molar-refractivity contribution in [2.75, 3.05) is 18.9 Å². The van der Waals surface area contributed by atoms with E-state index in [1.54, 1.807) is 17.0 Å². The lowest BCUT2D eigenvalue weighted by Gasteiger charge is -2.34. The van der Waals surface area contributed by atoms with Crippen LogP contribution in [-0.2, 0) is 9.47 Å². The Labute approximate surface area is 128 Å². The number of nitrogens with two attached hydrogens (primary N) is 1.